The van der Waals surface area contributed by atoms with Crippen LogP contribution in [0.1, 0.15) is 19.3 Å². The van der Waals surface area contributed by atoms with E-state index in [0.717, 1.165) is 20.4 Å². The van der Waals surface area contributed by atoms with Gasteiger partial charge in [-0.15, -0.1) is 0 Å². The van der Waals surface area contributed by atoms with Gasteiger partial charge in [0.15, 0.2) is 0 Å². The molecule has 1 heteroatoms. The molecule has 2 aliphatic carbocycles. The lowest BCUT2D eigenvalue weighted by Gasteiger charge is -2.00. The molecule has 0 heterocycles. The van der Waals surface area contributed by atoms with Crippen LogP contribution in [0.3, 0.4) is 0 Å². The van der Waals surface area contributed by atoms with E-state index in [2.05, 4.69) is 72.8 Å². The van der Waals surface area contributed by atoms with Crippen molar-refractivity contribution in [2.75, 3.05) is 0 Å². The quantitative estimate of drug-likeness (QED) is 0.568. The molecule has 0 aliphatic heterocycles. The zero-order valence-corrected chi connectivity index (χ0v) is 12.7. The smallest absolute Gasteiger partial charge is 0.0226 e. The summed E-state index contributed by atoms with van der Waals surface area (Å²) >= 11 is 0. The summed E-state index contributed by atoms with van der Waals surface area (Å²) in [7, 11) is 0.777. The first-order chi connectivity index (χ1) is 9.90. The molecule has 0 amide bonds. The van der Waals surface area contributed by atoms with Crippen molar-refractivity contribution in [3.05, 3.63) is 72.8 Å². The Morgan fingerprint density at radius 3 is 1.40 bits per heavy atom. The largest absolute Gasteiger partial charge is 0.0851 e. The zero-order valence-electron chi connectivity index (χ0n) is 11.7. The lowest BCUT2D eigenvalue weighted by Crippen LogP contribution is -2.01. The van der Waals surface area contributed by atoms with Crippen LogP contribution in [0.25, 0.3) is 0 Å². The molecule has 0 saturated heterocycles. The number of hydrogen-bond acceptors (Lipinski definition) is 0. The maximum Gasteiger partial charge on any atom is -0.0226 e. The standard InChI is InChI=1S/C12H11P.C7H10/c1-3-7-11(8-4-1)13-12-9-5-2-6-10-12;1-2-7-4-3-6(1)5-7/h1-10,13H;1-2,6-7H,3-5H2. The monoisotopic (exact) mass is 280 g/mol. The minimum atomic E-state index is 0.777. The van der Waals surface area contributed by atoms with Crippen molar-refractivity contribution in [3.8, 4) is 0 Å². The van der Waals surface area contributed by atoms with Crippen LogP contribution in [0.15, 0.2) is 72.8 Å². The number of rotatable bonds is 2. The first-order valence-electron chi connectivity index (χ1n) is 7.45. The molecule has 4 rings (SSSR count). The highest BCUT2D eigenvalue weighted by Crippen LogP contribution is 2.38. The second-order valence-corrected chi connectivity index (χ2v) is 6.98. The summed E-state index contributed by atoms with van der Waals surface area (Å²) < 4.78 is 0. The van der Waals surface area contributed by atoms with Gasteiger partial charge in [-0.2, -0.15) is 0 Å². The van der Waals surface area contributed by atoms with Crippen molar-refractivity contribution in [3.63, 3.8) is 0 Å². The van der Waals surface area contributed by atoms with E-state index in [1.165, 1.54) is 29.9 Å². The highest BCUT2D eigenvalue weighted by Gasteiger charge is 2.25. The van der Waals surface area contributed by atoms with E-state index in [1.807, 2.05) is 0 Å². The lowest BCUT2D eigenvalue weighted by molar-refractivity contribution is 0.691. The predicted octanol–water partition coefficient (Wildman–Crippen LogP) is 4.29. The molecule has 2 bridgehead atoms. The molecule has 2 aromatic carbocycles. The highest BCUT2D eigenvalue weighted by molar-refractivity contribution is 7.55. The number of hydrogen-bond donors (Lipinski definition) is 0. The van der Waals surface area contributed by atoms with Crippen LogP contribution in [0.4, 0.5) is 0 Å². The van der Waals surface area contributed by atoms with Crippen molar-refractivity contribution in [1.29, 1.82) is 0 Å². The number of benzene rings is 2. The van der Waals surface area contributed by atoms with Gasteiger partial charge in [0.2, 0.25) is 0 Å². The van der Waals surface area contributed by atoms with Gasteiger partial charge in [-0.3, -0.25) is 0 Å². The van der Waals surface area contributed by atoms with Crippen LogP contribution < -0.4 is 10.6 Å². The van der Waals surface area contributed by atoms with Crippen molar-refractivity contribution in [2.24, 2.45) is 11.8 Å². The summed E-state index contributed by atoms with van der Waals surface area (Å²) in [4.78, 5) is 0. The third-order valence-electron chi connectivity index (χ3n) is 4.01. The second kappa shape index (κ2) is 6.86. The maximum atomic E-state index is 2.38. The zero-order chi connectivity index (χ0) is 13.6. The van der Waals surface area contributed by atoms with E-state index in [4.69, 9.17) is 0 Å². The molecule has 0 spiro atoms. The second-order valence-electron chi connectivity index (χ2n) is 5.58. The van der Waals surface area contributed by atoms with Gasteiger partial charge in [-0.25, -0.2) is 0 Å². The van der Waals surface area contributed by atoms with E-state index in [1.54, 1.807) is 0 Å². The summed E-state index contributed by atoms with van der Waals surface area (Å²) in [5.74, 6) is 1.98. The van der Waals surface area contributed by atoms with Crippen LogP contribution >= 0.6 is 8.58 Å². The molecule has 1 saturated carbocycles. The van der Waals surface area contributed by atoms with Gasteiger partial charge in [0.05, 0.1) is 0 Å². The Balaban J connectivity index is 0.000000144. The van der Waals surface area contributed by atoms with Crippen molar-refractivity contribution < 1.29 is 0 Å². The van der Waals surface area contributed by atoms with E-state index in [9.17, 15) is 0 Å². The summed E-state index contributed by atoms with van der Waals surface area (Å²) in [6.07, 6.45) is 9.19. The first-order valence-corrected chi connectivity index (χ1v) is 8.45. The molecular formula is C19H21P. The third-order valence-corrected chi connectivity index (χ3v) is 5.25. The highest BCUT2D eigenvalue weighted by atomic mass is 31.1. The minimum Gasteiger partial charge on any atom is -0.0851 e. The fraction of sp³-hybridized carbons (Fsp3) is 0.263. The Labute approximate surface area is 123 Å². The molecule has 2 aliphatic rings. The third kappa shape index (κ3) is 3.81. The fourth-order valence-electron chi connectivity index (χ4n) is 2.93. The average molecular weight is 280 g/mol. The van der Waals surface area contributed by atoms with Crippen LogP contribution in [0.2, 0.25) is 0 Å². The summed E-state index contributed by atoms with van der Waals surface area (Å²) in [5.41, 5.74) is 0. The van der Waals surface area contributed by atoms with Gasteiger partial charge >= 0.3 is 0 Å². The van der Waals surface area contributed by atoms with Crippen LogP contribution in [-0.4, -0.2) is 0 Å². The topological polar surface area (TPSA) is 0 Å². The predicted molar refractivity (Wildman–Crippen MR) is 90.4 cm³/mol. The molecule has 102 valence electrons. The maximum absolute atomic E-state index is 2.38. The van der Waals surface area contributed by atoms with Crippen molar-refractivity contribution in [1.82, 2.24) is 0 Å². The van der Waals surface area contributed by atoms with Gasteiger partial charge in [0.1, 0.15) is 0 Å². The Kier molecular flexibility index (Phi) is 4.66. The molecule has 2 aromatic rings. The van der Waals surface area contributed by atoms with Crippen LogP contribution in [0.5, 0.6) is 0 Å². The van der Waals surface area contributed by atoms with E-state index in [-0.39, 0.29) is 0 Å². The van der Waals surface area contributed by atoms with Crippen LogP contribution in [0, 0.1) is 11.8 Å². The SMILES string of the molecule is C1=CC2CCC1C2.c1ccc(Pc2ccccc2)cc1. The Bertz CT molecular complexity index is 495. The van der Waals surface area contributed by atoms with Crippen molar-refractivity contribution in [2.45, 2.75) is 19.3 Å². The molecule has 0 nitrogen and oxygen atoms in total. The molecular weight excluding hydrogens is 259 g/mol. The number of fused-ring (bicyclic) bond motifs is 2. The van der Waals surface area contributed by atoms with Crippen molar-refractivity contribution >= 4 is 19.2 Å². The Morgan fingerprint density at radius 2 is 1.10 bits per heavy atom. The molecule has 2 unspecified atom stereocenters. The Hall–Kier alpha value is -1.39. The van der Waals surface area contributed by atoms with Gasteiger partial charge in [-0.1, -0.05) is 81.4 Å². The first kappa shape index (κ1) is 13.6. The molecule has 0 N–H and O–H groups in total. The van der Waals surface area contributed by atoms with E-state index < -0.39 is 0 Å². The van der Waals surface area contributed by atoms with E-state index >= 15 is 0 Å². The molecule has 2 atom stereocenters. The molecule has 20 heavy (non-hydrogen) atoms. The lowest BCUT2D eigenvalue weighted by atomic mass is 10.1. The minimum absolute atomic E-state index is 0.777. The Morgan fingerprint density at radius 1 is 0.650 bits per heavy atom. The van der Waals surface area contributed by atoms with Crippen LogP contribution in [-0.2, 0) is 0 Å². The normalized spacial score (nSPS) is 22.4. The molecule has 0 aromatic heterocycles. The van der Waals surface area contributed by atoms with Gasteiger partial charge < -0.3 is 0 Å². The summed E-state index contributed by atoms with van der Waals surface area (Å²) in [5, 5.41) is 2.79. The van der Waals surface area contributed by atoms with Gasteiger partial charge in [-0.05, 0) is 41.7 Å². The molecule has 1 fully saturated rings. The van der Waals surface area contributed by atoms with Gasteiger partial charge in [0.25, 0.3) is 0 Å². The van der Waals surface area contributed by atoms with E-state index in [0.29, 0.717) is 0 Å². The summed E-state index contributed by atoms with van der Waals surface area (Å²) in [6, 6.07) is 21.2. The molecule has 0 radical (unpaired) electrons. The number of allylic oxidation sites excluding steroid dienone is 2. The summed E-state index contributed by atoms with van der Waals surface area (Å²) in [6.45, 7) is 0. The van der Waals surface area contributed by atoms with Gasteiger partial charge in [0, 0.05) is 0 Å². The average Bonchev–Trinajstić information content (AvgIpc) is 3.15. The fourth-order valence-corrected chi connectivity index (χ4v) is 3.98.